The summed E-state index contributed by atoms with van der Waals surface area (Å²) < 4.78 is 10.8. The minimum atomic E-state index is -0.255. The first-order chi connectivity index (χ1) is 7.51. The summed E-state index contributed by atoms with van der Waals surface area (Å²) >= 11 is 0. The molecule has 0 aromatic carbocycles. The van der Waals surface area contributed by atoms with Crippen LogP contribution in [0.2, 0.25) is 0 Å². The zero-order chi connectivity index (χ0) is 12.6. The van der Waals surface area contributed by atoms with Crippen LogP contribution in [0.15, 0.2) is 0 Å². The molecule has 0 heterocycles. The summed E-state index contributed by atoms with van der Waals surface area (Å²) in [5.41, 5.74) is 0. The van der Waals surface area contributed by atoms with Crippen LogP contribution in [0.5, 0.6) is 0 Å². The molecule has 5 heteroatoms. The fourth-order valence-corrected chi connectivity index (χ4v) is 1.22. The third kappa shape index (κ3) is 6.76. The summed E-state index contributed by atoms with van der Waals surface area (Å²) in [5, 5.41) is 0. The van der Waals surface area contributed by atoms with E-state index < -0.39 is 0 Å². The normalized spacial score (nSPS) is 11.2. The number of rotatable bonds is 8. The van der Waals surface area contributed by atoms with Gasteiger partial charge in [0.15, 0.2) is 6.29 Å². The van der Waals surface area contributed by atoms with E-state index in [4.69, 9.17) is 9.47 Å². The molecule has 0 saturated carbocycles. The molecule has 0 aliphatic heterocycles. The second-order valence-electron chi connectivity index (χ2n) is 3.83. The number of carbonyl (C=O) groups is 1. The lowest BCUT2D eigenvalue weighted by Crippen LogP contribution is -2.39. The van der Waals surface area contributed by atoms with Crippen LogP contribution in [-0.2, 0) is 14.3 Å². The summed E-state index contributed by atoms with van der Waals surface area (Å²) in [5.74, 6) is 0.0780. The van der Waals surface area contributed by atoms with Gasteiger partial charge in [0.05, 0.1) is 6.54 Å². The lowest BCUT2D eigenvalue weighted by atomic mass is 10.4. The van der Waals surface area contributed by atoms with Gasteiger partial charge in [-0.3, -0.25) is 9.69 Å². The molecule has 5 nitrogen and oxygen atoms in total. The highest BCUT2D eigenvalue weighted by Crippen LogP contribution is 1.98. The van der Waals surface area contributed by atoms with E-state index in [1.807, 2.05) is 25.8 Å². The summed E-state index contributed by atoms with van der Waals surface area (Å²) in [6.07, 6.45) is -0.255. The molecule has 0 unspecified atom stereocenters. The second kappa shape index (κ2) is 8.50. The average molecular weight is 232 g/mol. The van der Waals surface area contributed by atoms with E-state index in [0.717, 1.165) is 0 Å². The lowest BCUT2D eigenvalue weighted by molar-refractivity contribution is -0.148. The molecule has 0 atom stereocenters. The second-order valence-corrected chi connectivity index (χ2v) is 3.83. The molecular weight excluding hydrogens is 208 g/mol. The van der Waals surface area contributed by atoms with Gasteiger partial charge in [-0.2, -0.15) is 0 Å². The van der Waals surface area contributed by atoms with E-state index in [2.05, 4.69) is 0 Å². The van der Waals surface area contributed by atoms with Crippen LogP contribution in [0.3, 0.4) is 0 Å². The molecule has 0 bridgehead atoms. The third-order valence-corrected chi connectivity index (χ3v) is 2.07. The highest BCUT2D eigenvalue weighted by atomic mass is 16.7. The van der Waals surface area contributed by atoms with E-state index in [9.17, 15) is 4.79 Å². The quantitative estimate of drug-likeness (QED) is 0.568. The Morgan fingerprint density at radius 2 is 1.62 bits per heavy atom. The summed E-state index contributed by atoms with van der Waals surface area (Å²) in [6, 6.07) is 0. The molecule has 0 N–H and O–H groups in total. The van der Waals surface area contributed by atoms with Gasteiger partial charge in [-0.05, 0) is 20.9 Å². The first-order valence-electron chi connectivity index (χ1n) is 5.63. The maximum absolute atomic E-state index is 11.5. The first-order valence-corrected chi connectivity index (χ1v) is 5.63. The number of hydrogen-bond donors (Lipinski definition) is 0. The van der Waals surface area contributed by atoms with E-state index in [0.29, 0.717) is 26.3 Å². The van der Waals surface area contributed by atoms with Crippen molar-refractivity contribution in [2.45, 2.75) is 20.1 Å². The number of ether oxygens (including phenoxy) is 2. The minimum Gasteiger partial charge on any atom is -0.352 e. The van der Waals surface area contributed by atoms with Crippen molar-refractivity contribution in [2.75, 3.05) is 47.4 Å². The van der Waals surface area contributed by atoms with Gasteiger partial charge >= 0.3 is 0 Å². The fraction of sp³-hybridized carbons (Fsp3) is 0.909. The Morgan fingerprint density at radius 3 is 2.00 bits per heavy atom. The molecule has 0 aliphatic rings. The molecule has 16 heavy (non-hydrogen) atoms. The fourth-order valence-electron chi connectivity index (χ4n) is 1.22. The molecule has 0 saturated heterocycles. The molecule has 0 aromatic heterocycles. The van der Waals surface area contributed by atoms with Crippen molar-refractivity contribution in [3.05, 3.63) is 0 Å². The molecule has 0 aromatic rings. The van der Waals surface area contributed by atoms with Crippen molar-refractivity contribution in [1.29, 1.82) is 0 Å². The van der Waals surface area contributed by atoms with Crippen molar-refractivity contribution in [2.24, 2.45) is 0 Å². The molecule has 0 aliphatic carbocycles. The van der Waals surface area contributed by atoms with Crippen molar-refractivity contribution < 1.29 is 14.3 Å². The first kappa shape index (κ1) is 15.3. The Hall–Kier alpha value is -0.650. The molecule has 1 amide bonds. The van der Waals surface area contributed by atoms with E-state index in [1.54, 1.807) is 19.0 Å². The topological polar surface area (TPSA) is 42.0 Å². The highest BCUT2D eigenvalue weighted by molar-refractivity contribution is 5.77. The SMILES string of the molecule is CCOC(CN(C)CC(=O)N(C)C)OCC. The predicted octanol–water partition coefficient (Wildman–Crippen LogP) is 0.405. The summed E-state index contributed by atoms with van der Waals surface area (Å²) in [6.45, 7) is 6.05. The van der Waals surface area contributed by atoms with E-state index >= 15 is 0 Å². The summed E-state index contributed by atoms with van der Waals surface area (Å²) in [7, 11) is 5.38. The maximum Gasteiger partial charge on any atom is 0.236 e. The van der Waals surface area contributed by atoms with E-state index in [1.165, 1.54) is 0 Å². The van der Waals surface area contributed by atoms with Crippen LogP contribution < -0.4 is 0 Å². The third-order valence-electron chi connectivity index (χ3n) is 2.07. The van der Waals surface area contributed by atoms with Gasteiger partial charge < -0.3 is 14.4 Å². The van der Waals surface area contributed by atoms with Gasteiger partial charge in [0.25, 0.3) is 0 Å². The molecule has 0 fully saturated rings. The largest absolute Gasteiger partial charge is 0.352 e. The van der Waals surface area contributed by atoms with Gasteiger partial charge in [-0.25, -0.2) is 0 Å². The smallest absolute Gasteiger partial charge is 0.236 e. The van der Waals surface area contributed by atoms with Crippen LogP contribution in [0.25, 0.3) is 0 Å². The van der Waals surface area contributed by atoms with Crippen molar-refractivity contribution in [3.63, 3.8) is 0 Å². The molecule has 96 valence electrons. The van der Waals surface area contributed by atoms with Gasteiger partial charge in [0.1, 0.15) is 0 Å². The van der Waals surface area contributed by atoms with E-state index in [-0.39, 0.29) is 12.2 Å². The van der Waals surface area contributed by atoms with Crippen molar-refractivity contribution in [1.82, 2.24) is 9.80 Å². The van der Waals surface area contributed by atoms with Crippen LogP contribution >= 0.6 is 0 Å². The highest BCUT2D eigenvalue weighted by Gasteiger charge is 2.14. The number of likely N-dealkylation sites (N-methyl/N-ethyl adjacent to an activating group) is 2. The minimum absolute atomic E-state index is 0.0780. The lowest BCUT2D eigenvalue weighted by Gasteiger charge is -2.24. The number of nitrogens with zero attached hydrogens (tertiary/aromatic N) is 2. The van der Waals surface area contributed by atoms with Gasteiger partial charge in [-0.15, -0.1) is 0 Å². The Bertz CT molecular complexity index is 192. The van der Waals surface area contributed by atoms with Crippen LogP contribution in [0.1, 0.15) is 13.8 Å². The number of amides is 1. The molecular formula is C11H24N2O3. The maximum atomic E-state index is 11.5. The summed E-state index contributed by atoms with van der Waals surface area (Å²) in [4.78, 5) is 14.9. The Kier molecular flexibility index (Phi) is 8.15. The monoisotopic (exact) mass is 232 g/mol. The van der Waals surface area contributed by atoms with Crippen LogP contribution in [-0.4, -0.2) is 69.4 Å². The molecule has 0 radical (unpaired) electrons. The zero-order valence-corrected chi connectivity index (χ0v) is 11.0. The van der Waals surface area contributed by atoms with Gasteiger partial charge in [0, 0.05) is 33.9 Å². The molecule has 0 spiro atoms. The van der Waals surface area contributed by atoms with Gasteiger partial charge in [0.2, 0.25) is 5.91 Å². The Labute approximate surface area is 98.3 Å². The zero-order valence-electron chi connectivity index (χ0n) is 11.0. The average Bonchev–Trinajstić information content (AvgIpc) is 2.17. The Balaban J connectivity index is 3.98. The van der Waals surface area contributed by atoms with Crippen LogP contribution in [0, 0.1) is 0 Å². The standard InChI is InChI=1S/C11H24N2O3/c1-6-15-11(16-7-2)9-13(5)8-10(14)12(3)4/h11H,6-9H2,1-5H3. The molecule has 0 rings (SSSR count). The number of carbonyl (C=O) groups excluding carboxylic acids is 1. The van der Waals surface area contributed by atoms with Crippen molar-refractivity contribution in [3.8, 4) is 0 Å². The predicted molar refractivity (Wildman–Crippen MR) is 63.2 cm³/mol. The van der Waals surface area contributed by atoms with Crippen molar-refractivity contribution >= 4 is 5.91 Å². The van der Waals surface area contributed by atoms with Gasteiger partial charge in [-0.1, -0.05) is 0 Å². The Morgan fingerprint density at radius 1 is 1.12 bits per heavy atom. The number of hydrogen-bond acceptors (Lipinski definition) is 4. The van der Waals surface area contributed by atoms with Crippen LogP contribution in [0.4, 0.5) is 0 Å².